The zero-order chi connectivity index (χ0) is 20.1. The number of halogens is 1. The minimum atomic E-state index is -0.466. The fourth-order valence-corrected chi connectivity index (χ4v) is 2.75. The Kier molecular flexibility index (Phi) is 6.10. The van der Waals surface area contributed by atoms with Gasteiger partial charge in [0.1, 0.15) is 5.75 Å². The van der Waals surface area contributed by atoms with E-state index in [0.29, 0.717) is 17.0 Å². The van der Waals surface area contributed by atoms with Gasteiger partial charge in [-0.2, -0.15) is 5.10 Å². The number of ether oxygens (including phenoxy) is 1. The van der Waals surface area contributed by atoms with Crippen molar-refractivity contribution in [3.63, 3.8) is 0 Å². The first kappa shape index (κ1) is 19.6. The quantitative estimate of drug-likeness (QED) is 0.594. The number of rotatable bonds is 5. The lowest BCUT2D eigenvalue weighted by Crippen LogP contribution is -2.44. The van der Waals surface area contributed by atoms with Gasteiger partial charge in [-0.25, -0.2) is 4.68 Å². The van der Waals surface area contributed by atoms with Crippen LogP contribution in [0.5, 0.6) is 5.75 Å². The van der Waals surface area contributed by atoms with Crippen molar-refractivity contribution in [2.45, 2.75) is 13.8 Å². The average molecular weight is 443 g/mol. The molecule has 1 aromatic heterocycles. The summed E-state index contributed by atoms with van der Waals surface area (Å²) < 4.78 is 7.98. The summed E-state index contributed by atoms with van der Waals surface area (Å²) in [6.45, 7) is 3.54. The second kappa shape index (κ2) is 8.71. The number of nitrogens with zero attached hydrogens (tertiary/aromatic N) is 2. The van der Waals surface area contributed by atoms with Crippen LogP contribution in [-0.4, -0.2) is 28.2 Å². The van der Waals surface area contributed by atoms with Gasteiger partial charge in [-0.15, -0.1) is 0 Å². The molecular formula is C20H19BrN4O3. The number of hydrogen-bond donors (Lipinski definition) is 2. The molecule has 0 unspecified atom stereocenters. The maximum atomic E-state index is 12.4. The van der Waals surface area contributed by atoms with Crippen molar-refractivity contribution in [1.29, 1.82) is 0 Å². The summed E-state index contributed by atoms with van der Waals surface area (Å²) in [5.41, 5.74) is 7.67. The Hall–Kier alpha value is -3.13. The highest BCUT2D eigenvalue weighted by Gasteiger charge is 2.16. The van der Waals surface area contributed by atoms with Crippen LogP contribution in [-0.2, 0) is 4.79 Å². The Morgan fingerprint density at radius 3 is 2.39 bits per heavy atom. The van der Waals surface area contributed by atoms with Gasteiger partial charge in [-0.3, -0.25) is 20.4 Å². The first-order valence-corrected chi connectivity index (χ1v) is 9.32. The Morgan fingerprint density at radius 1 is 1.04 bits per heavy atom. The summed E-state index contributed by atoms with van der Waals surface area (Å²) in [4.78, 5) is 24.2. The predicted octanol–water partition coefficient (Wildman–Crippen LogP) is 3.09. The molecule has 144 valence electrons. The fraction of sp³-hybridized carbons (Fsp3) is 0.150. The van der Waals surface area contributed by atoms with Crippen molar-refractivity contribution in [2.75, 3.05) is 6.61 Å². The molecule has 7 nitrogen and oxygen atoms in total. The summed E-state index contributed by atoms with van der Waals surface area (Å²) in [7, 11) is 0. The van der Waals surface area contributed by atoms with Gasteiger partial charge in [0.15, 0.2) is 6.61 Å². The third-order valence-corrected chi connectivity index (χ3v) is 4.56. The molecule has 0 spiro atoms. The van der Waals surface area contributed by atoms with Crippen LogP contribution in [0.2, 0.25) is 0 Å². The van der Waals surface area contributed by atoms with Gasteiger partial charge in [0.05, 0.1) is 23.1 Å². The molecular weight excluding hydrogens is 424 g/mol. The zero-order valence-corrected chi connectivity index (χ0v) is 17.0. The lowest BCUT2D eigenvalue weighted by atomic mass is 10.2. The molecule has 28 heavy (non-hydrogen) atoms. The number of hydrazine groups is 1. The van der Waals surface area contributed by atoms with Crippen LogP contribution in [0.15, 0.2) is 59.2 Å². The highest BCUT2D eigenvalue weighted by atomic mass is 79.9. The van der Waals surface area contributed by atoms with E-state index in [4.69, 9.17) is 4.74 Å². The number of carbonyl (C=O) groups excluding carboxylic acids is 2. The molecule has 0 saturated carbocycles. The zero-order valence-electron chi connectivity index (χ0n) is 15.4. The van der Waals surface area contributed by atoms with Crippen molar-refractivity contribution in [1.82, 2.24) is 20.6 Å². The van der Waals surface area contributed by atoms with Gasteiger partial charge in [0.2, 0.25) is 0 Å². The third kappa shape index (κ3) is 4.77. The van der Waals surface area contributed by atoms with Crippen molar-refractivity contribution in [2.24, 2.45) is 0 Å². The van der Waals surface area contributed by atoms with E-state index in [1.54, 1.807) is 23.7 Å². The molecule has 0 fully saturated rings. The van der Waals surface area contributed by atoms with Gasteiger partial charge in [-0.1, -0.05) is 33.6 Å². The highest BCUT2D eigenvalue weighted by molar-refractivity contribution is 9.10. The molecule has 0 atom stereocenters. The summed E-state index contributed by atoms with van der Waals surface area (Å²) in [5.74, 6) is -0.338. The fourth-order valence-electron chi connectivity index (χ4n) is 2.49. The normalized spacial score (nSPS) is 10.4. The van der Waals surface area contributed by atoms with E-state index in [9.17, 15) is 9.59 Å². The number of carbonyl (C=O) groups is 2. The van der Waals surface area contributed by atoms with Crippen molar-refractivity contribution in [3.8, 4) is 11.4 Å². The second-order valence-electron chi connectivity index (χ2n) is 6.14. The molecule has 0 aliphatic carbocycles. The Morgan fingerprint density at radius 2 is 1.71 bits per heavy atom. The number of aryl methyl sites for hydroxylation is 1. The van der Waals surface area contributed by atoms with E-state index in [1.165, 1.54) is 6.20 Å². The van der Waals surface area contributed by atoms with Gasteiger partial charge >= 0.3 is 0 Å². The topological polar surface area (TPSA) is 85.2 Å². The van der Waals surface area contributed by atoms with Crippen LogP contribution >= 0.6 is 15.9 Å². The molecule has 2 amide bonds. The highest BCUT2D eigenvalue weighted by Crippen LogP contribution is 2.17. The van der Waals surface area contributed by atoms with Crippen LogP contribution < -0.4 is 15.6 Å². The van der Waals surface area contributed by atoms with E-state index < -0.39 is 11.8 Å². The predicted molar refractivity (Wildman–Crippen MR) is 108 cm³/mol. The number of amides is 2. The van der Waals surface area contributed by atoms with Crippen LogP contribution in [0.3, 0.4) is 0 Å². The standard InChI is InChI=1S/C20H19BrN4O3/c1-13-3-9-17(10-4-13)28-12-19(26)23-24-20(27)18-11-22-25(14(18)2)16-7-5-15(21)6-8-16/h3-11H,12H2,1-2H3,(H,23,26)(H,24,27). The second-order valence-corrected chi connectivity index (χ2v) is 7.05. The first-order chi connectivity index (χ1) is 13.4. The molecule has 0 aliphatic rings. The molecule has 3 aromatic rings. The maximum Gasteiger partial charge on any atom is 0.276 e. The van der Waals surface area contributed by atoms with Crippen LogP contribution in [0.1, 0.15) is 21.6 Å². The van der Waals surface area contributed by atoms with E-state index in [1.807, 2.05) is 43.3 Å². The molecule has 1 heterocycles. The van der Waals surface area contributed by atoms with Crippen molar-refractivity contribution in [3.05, 3.63) is 76.0 Å². The largest absolute Gasteiger partial charge is 0.484 e. The smallest absolute Gasteiger partial charge is 0.276 e. The van der Waals surface area contributed by atoms with Crippen LogP contribution in [0, 0.1) is 13.8 Å². The van der Waals surface area contributed by atoms with Gasteiger partial charge < -0.3 is 4.74 Å². The van der Waals surface area contributed by atoms with Gasteiger partial charge in [-0.05, 0) is 50.2 Å². The van der Waals surface area contributed by atoms with Crippen LogP contribution in [0.25, 0.3) is 5.69 Å². The third-order valence-electron chi connectivity index (χ3n) is 4.03. The lowest BCUT2D eigenvalue weighted by molar-refractivity contribution is -0.123. The monoisotopic (exact) mass is 442 g/mol. The Bertz CT molecular complexity index is 982. The van der Waals surface area contributed by atoms with Gasteiger partial charge in [0.25, 0.3) is 11.8 Å². The summed E-state index contributed by atoms with van der Waals surface area (Å²) in [6, 6.07) is 14.9. The molecule has 8 heteroatoms. The number of hydrogen-bond acceptors (Lipinski definition) is 4. The van der Waals surface area contributed by atoms with Gasteiger partial charge in [0, 0.05) is 4.47 Å². The average Bonchev–Trinajstić information content (AvgIpc) is 3.08. The molecule has 0 radical (unpaired) electrons. The van der Waals surface area contributed by atoms with E-state index in [0.717, 1.165) is 15.7 Å². The minimum Gasteiger partial charge on any atom is -0.484 e. The van der Waals surface area contributed by atoms with Crippen molar-refractivity contribution < 1.29 is 14.3 Å². The lowest BCUT2D eigenvalue weighted by Gasteiger charge is -2.09. The van der Waals surface area contributed by atoms with E-state index >= 15 is 0 Å². The molecule has 0 bridgehead atoms. The molecule has 2 aromatic carbocycles. The summed E-state index contributed by atoms with van der Waals surface area (Å²) in [6.07, 6.45) is 1.46. The first-order valence-electron chi connectivity index (χ1n) is 8.53. The number of aromatic nitrogens is 2. The minimum absolute atomic E-state index is 0.208. The number of nitrogens with one attached hydrogen (secondary N) is 2. The van der Waals surface area contributed by atoms with Crippen LogP contribution in [0.4, 0.5) is 0 Å². The molecule has 0 saturated heterocycles. The Labute approximate surface area is 170 Å². The summed E-state index contributed by atoms with van der Waals surface area (Å²) in [5, 5.41) is 4.25. The number of benzene rings is 2. The SMILES string of the molecule is Cc1ccc(OCC(=O)NNC(=O)c2cnn(-c3ccc(Br)cc3)c2C)cc1. The maximum absolute atomic E-state index is 12.4. The molecule has 3 rings (SSSR count). The molecule has 0 aliphatic heterocycles. The summed E-state index contributed by atoms with van der Waals surface area (Å²) >= 11 is 3.39. The van der Waals surface area contributed by atoms with E-state index in [-0.39, 0.29) is 6.61 Å². The van der Waals surface area contributed by atoms with E-state index in [2.05, 4.69) is 31.9 Å². The van der Waals surface area contributed by atoms with Crippen molar-refractivity contribution >= 4 is 27.7 Å². The Balaban J connectivity index is 1.55. The molecule has 2 N–H and O–H groups in total.